The molecule has 0 unspecified atom stereocenters. The van der Waals surface area contributed by atoms with Crippen molar-refractivity contribution in [1.82, 2.24) is 4.90 Å². The summed E-state index contributed by atoms with van der Waals surface area (Å²) >= 11 is 0. The van der Waals surface area contributed by atoms with E-state index in [0.717, 1.165) is 12.1 Å². The second-order valence-corrected chi connectivity index (χ2v) is 3.94. The highest BCUT2D eigenvalue weighted by Crippen LogP contribution is 2.29. The zero-order chi connectivity index (χ0) is 13.8. The van der Waals surface area contributed by atoms with Gasteiger partial charge in [-0.25, -0.2) is 0 Å². The van der Waals surface area contributed by atoms with Crippen LogP contribution >= 0.6 is 0 Å². The predicted octanol–water partition coefficient (Wildman–Crippen LogP) is 2.31. The minimum Gasteiger partial charge on any atom is -0.468 e. The highest BCUT2D eigenvalue weighted by Gasteiger charge is 2.29. The molecule has 0 spiro atoms. The summed E-state index contributed by atoms with van der Waals surface area (Å²) in [6, 6.07) is 4.86. The van der Waals surface area contributed by atoms with Crippen molar-refractivity contribution in [3.63, 3.8) is 0 Å². The Bertz CT molecular complexity index is 401. The van der Waals surface area contributed by atoms with Crippen molar-refractivity contribution in [3.8, 4) is 0 Å². The minimum atomic E-state index is -4.32. The monoisotopic (exact) mass is 261 g/mol. The summed E-state index contributed by atoms with van der Waals surface area (Å²) in [6.45, 7) is 0.477. The van der Waals surface area contributed by atoms with Crippen molar-refractivity contribution < 1.29 is 22.7 Å². The maximum atomic E-state index is 12.3. The molecule has 0 bridgehead atoms. The van der Waals surface area contributed by atoms with E-state index in [0.29, 0.717) is 12.1 Å². The third kappa shape index (κ3) is 4.37. The first-order valence-electron chi connectivity index (χ1n) is 5.24. The van der Waals surface area contributed by atoms with Crippen LogP contribution in [0.5, 0.6) is 0 Å². The Morgan fingerprint density at radius 3 is 2.28 bits per heavy atom. The van der Waals surface area contributed by atoms with E-state index in [2.05, 4.69) is 4.74 Å². The van der Waals surface area contributed by atoms with Crippen LogP contribution < -0.4 is 0 Å². The Morgan fingerprint density at radius 1 is 1.28 bits per heavy atom. The number of halogens is 3. The lowest BCUT2D eigenvalue weighted by atomic mass is 10.1. The average molecular weight is 261 g/mol. The molecule has 18 heavy (non-hydrogen) atoms. The Hall–Kier alpha value is -1.56. The average Bonchev–Trinajstić information content (AvgIpc) is 2.28. The smallest absolute Gasteiger partial charge is 0.416 e. The standard InChI is InChI=1S/C12H14F3NO2/c1-16(8-11(17)18-2)7-9-3-5-10(6-4-9)12(13,14)15/h3-6H,7-8H2,1-2H3. The fourth-order valence-corrected chi connectivity index (χ4v) is 1.45. The zero-order valence-electron chi connectivity index (χ0n) is 10.1. The summed E-state index contributed by atoms with van der Waals surface area (Å²) in [4.78, 5) is 12.6. The molecular formula is C12H14F3NO2. The first kappa shape index (κ1) is 14.5. The van der Waals surface area contributed by atoms with Gasteiger partial charge in [0.25, 0.3) is 0 Å². The van der Waals surface area contributed by atoms with Gasteiger partial charge in [0.15, 0.2) is 0 Å². The highest BCUT2D eigenvalue weighted by atomic mass is 19.4. The molecule has 1 rings (SSSR count). The molecule has 0 aromatic heterocycles. The molecule has 1 aromatic rings. The Labute approximate surface area is 103 Å². The Morgan fingerprint density at radius 2 is 1.83 bits per heavy atom. The molecule has 0 aliphatic rings. The zero-order valence-corrected chi connectivity index (χ0v) is 10.1. The number of alkyl halides is 3. The second kappa shape index (κ2) is 5.86. The first-order chi connectivity index (χ1) is 8.32. The van der Waals surface area contributed by atoms with Gasteiger partial charge in [-0.15, -0.1) is 0 Å². The molecule has 0 saturated carbocycles. The van der Waals surface area contributed by atoms with Crippen LogP contribution in [0.25, 0.3) is 0 Å². The molecular weight excluding hydrogens is 247 g/mol. The molecule has 0 N–H and O–H groups in total. The third-order valence-corrected chi connectivity index (χ3v) is 2.36. The van der Waals surface area contributed by atoms with Gasteiger partial charge in [-0.2, -0.15) is 13.2 Å². The van der Waals surface area contributed by atoms with Crippen LogP contribution in [0.3, 0.4) is 0 Å². The molecule has 0 radical (unpaired) electrons. The van der Waals surface area contributed by atoms with E-state index >= 15 is 0 Å². The van der Waals surface area contributed by atoms with Crippen LogP contribution in [0, 0.1) is 0 Å². The van der Waals surface area contributed by atoms with Crippen LogP contribution in [-0.4, -0.2) is 31.6 Å². The summed E-state index contributed by atoms with van der Waals surface area (Å²) in [5.74, 6) is -0.385. The number of benzene rings is 1. The third-order valence-electron chi connectivity index (χ3n) is 2.36. The summed E-state index contributed by atoms with van der Waals surface area (Å²) in [5.41, 5.74) is 0.0243. The molecule has 0 heterocycles. The van der Waals surface area contributed by atoms with Gasteiger partial charge in [0, 0.05) is 6.54 Å². The van der Waals surface area contributed by atoms with Gasteiger partial charge in [0.1, 0.15) is 0 Å². The number of hydrogen-bond acceptors (Lipinski definition) is 3. The second-order valence-electron chi connectivity index (χ2n) is 3.94. The van der Waals surface area contributed by atoms with Gasteiger partial charge < -0.3 is 4.74 Å². The van der Waals surface area contributed by atoms with Crippen LogP contribution in [0.15, 0.2) is 24.3 Å². The van der Waals surface area contributed by atoms with E-state index in [1.807, 2.05) is 0 Å². The summed E-state index contributed by atoms with van der Waals surface area (Å²) in [7, 11) is 2.98. The maximum absolute atomic E-state index is 12.3. The topological polar surface area (TPSA) is 29.5 Å². The quantitative estimate of drug-likeness (QED) is 0.779. The summed E-state index contributed by atoms with van der Waals surface area (Å²) in [5, 5.41) is 0. The lowest BCUT2D eigenvalue weighted by Gasteiger charge is -2.15. The molecule has 0 atom stereocenters. The number of carbonyl (C=O) groups is 1. The Kier molecular flexibility index (Phi) is 4.72. The van der Waals surface area contributed by atoms with E-state index in [1.165, 1.54) is 19.2 Å². The van der Waals surface area contributed by atoms with Crippen molar-refractivity contribution in [2.45, 2.75) is 12.7 Å². The van der Waals surface area contributed by atoms with Gasteiger partial charge in [-0.3, -0.25) is 9.69 Å². The lowest BCUT2D eigenvalue weighted by Crippen LogP contribution is -2.26. The van der Waals surface area contributed by atoms with Crippen LogP contribution in [0.2, 0.25) is 0 Å². The van der Waals surface area contributed by atoms with E-state index in [4.69, 9.17) is 0 Å². The fourth-order valence-electron chi connectivity index (χ4n) is 1.45. The molecule has 1 aromatic carbocycles. The van der Waals surface area contributed by atoms with Crippen molar-refractivity contribution in [3.05, 3.63) is 35.4 Å². The number of hydrogen-bond donors (Lipinski definition) is 0. The minimum absolute atomic E-state index is 0.0948. The molecule has 100 valence electrons. The molecule has 3 nitrogen and oxygen atoms in total. The number of esters is 1. The summed E-state index contributed by atoms with van der Waals surface area (Å²) < 4.78 is 41.5. The van der Waals surface area contributed by atoms with E-state index < -0.39 is 11.7 Å². The van der Waals surface area contributed by atoms with Crippen molar-refractivity contribution >= 4 is 5.97 Å². The summed E-state index contributed by atoms with van der Waals surface area (Å²) in [6.07, 6.45) is -4.32. The molecule has 0 fully saturated rings. The first-order valence-corrected chi connectivity index (χ1v) is 5.24. The normalized spacial score (nSPS) is 11.7. The number of methoxy groups -OCH3 is 1. The van der Waals surface area contributed by atoms with Crippen molar-refractivity contribution in [2.75, 3.05) is 20.7 Å². The van der Waals surface area contributed by atoms with Gasteiger partial charge in [0.05, 0.1) is 19.2 Å². The number of ether oxygens (including phenoxy) is 1. The molecule has 0 aliphatic carbocycles. The number of rotatable bonds is 4. The number of likely N-dealkylation sites (N-methyl/N-ethyl adjacent to an activating group) is 1. The maximum Gasteiger partial charge on any atom is 0.416 e. The van der Waals surface area contributed by atoms with Crippen molar-refractivity contribution in [1.29, 1.82) is 0 Å². The predicted molar refractivity (Wildman–Crippen MR) is 59.8 cm³/mol. The van der Waals surface area contributed by atoms with Crippen LogP contribution in [-0.2, 0) is 22.3 Å². The van der Waals surface area contributed by atoms with E-state index in [9.17, 15) is 18.0 Å². The van der Waals surface area contributed by atoms with E-state index in [1.54, 1.807) is 11.9 Å². The van der Waals surface area contributed by atoms with Crippen molar-refractivity contribution in [2.24, 2.45) is 0 Å². The number of carbonyl (C=O) groups excluding carboxylic acids is 1. The SMILES string of the molecule is COC(=O)CN(C)Cc1ccc(C(F)(F)F)cc1. The van der Waals surface area contributed by atoms with Gasteiger partial charge in [-0.1, -0.05) is 12.1 Å². The molecule has 6 heteroatoms. The molecule has 0 amide bonds. The van der Waals surface area contributed by atoms with Gasteiger partial charge in [-0.05, 0) is 24.7 Å². The molecule has 0 aliphatic heterocycles. The van der Waals surface area contributed by atoms with Crippen LogP contribution in [0.4, 0.5) is 13.2 Å². The number of nitrogens with zero attached hydrogens (tertiary/aromatic N) is 1. The van der Waals surface area contributed by atoms with Gasteiger partial charge >= 0.3 is 12.1 Å². The van der Waals surface area contributed by atoms with E-state index in [-0.39, 0.29) is 12.5 Å². The fraction of sp³-hybridized carbons (Fsp3) is 0.417. The van der Waals surface area contributed by atoms with Crippen LogP contribution in [0.1, 0.15) is 11.1 Å². The largest absolute Gasteiger partial charge is 0.468 e. The highest BCUT2D eigenvalue weighted by molar-refractivity contribution is 5.71. The van der Waals surface area contributed by atoms with Gasteiger partial charge in [0.2, 0.25) is 0 Å². The Balaban J connectivity index is 2.61. The lowest BCUT2D eigenvalue weighted by molar-refractivity contribution is -0.141. The molecule has 0 saturated heterocycles.